The molecule has 0 spiro atoms. The Balaban J connectivity index is 0.00000192. The molecule has 2 aromatic rings. The molecule has 0 unspecified atom stereocenters. The van der Waals surface area contributed by atoms with Crippen LogP contribution in [-0.2, 0) is 6.54 Å². The van der Waals surface area contributed by atoms with E-state index < -0.39 is 0 Å². The molecule has 1 aromatic carbocycles. The maximum absolute atomic E-state index is 5.94. The standard InChI is InChI=1S/C16H19N3O2S.HI/c1-11-3-5-13(22-11)10-18-16(17)19-12-4-6-14-15(9-12)21-8-2-7-20-14;/h3-6,9H,2,7-8,10H2,1H3,(H3,17,18,19);1H. The smallest absolute Gasteiger partial charge is 0.193 e. The molecular formula is C16H20IN3O2S. The van der Waals surface area contributed by atoms with E-state index in [4.69, 9.17) is 15.2 Å². The average molecular weight is 445 g/mol. The molecule has 0 amide bonds. The van der Waals surface area contributed by atoms with Gasteiger partial charge in [-0.15, -0.1) is 35.3 Å². The molecular weight excluding hydrogens is 425 g/mol. The van der Waals surface area contributed by atoms with Crippen LogP contribution in [0.15, 0.2) is 35.3 Å². The van der Waals surface area contributed by atoms with Gasteiger partial charge >= 0.3 is 0 Å². The third-order valence-corrected chi connectivity index (χ3v) is 4.21. The van der Waals surface area contributed by atoms with Gasteiger partial charge in [0.1, 0.15) is 0 Å². The van der Waals surface area contributed by atoms with Gasteiger partial charge in [0.2, 0.25) is 0 Å². The Morgan fingerprint density at radius 3 is 2.74 bits per heavy atom. The second-order valence-corrected chi connectivity index (χ2v) is 6.42. The number of nitrogens with two attached hydrogens (primary N) is 1. The maximum atomic E-state index is 5.94. The van der Waals surface area contributed by atoms with Crippen molar-refractivity contribution in [2.45, 2.75) is 19.9 Å². The number of nitrogens with one attached hydrogen (secondary N) is 1. The number of halogens is 1. The lowest BCUT2D eigenvalue weighted by Crippen LogP contribution is -2.22. The Morgan fingerprint density at radius 1 is 1.22 bits per heavy atom. The van der Waals surface area contributed by atoms with Crippen LogP contribution in [0.5, 0.6) is 11.5 Å². The minimum absolute atomic E-state index is 0. The largest absolute Gasteiger partial charge is 0.490 e. The van der Waals surface area contributed by atoms with Crippen molar-refractivity contribution in [3.05, 3.63) is 40.1 Å². The lowest BCUT2D eigenvalue weighted by atomic mass is 10.3. The summed E-state index contributed by atoms with van der Waals surface area (Å²) in [5, 5.41) is 3.09. The molecule has 3 rings (SSSR count). The maximum Gasteiger partial charge on any atom is 0.193 e. The third-order valence-electron chi connectivity index (χ3n) is 3.22. The molecule has 124 valence electrons. The number of benzene rings is 1. The van der Waals surface area contributed by atoms with Crippen LogP contribution in [0, 0.1) is 6.92 Å². The minimum Gasteiger partial charge on any atom is -0.490 e. The Bertz CT molecular complexity index is 688. The van der Waals surface area contributed by atoms with E-state index in [0.29, 0.717) is 25.7 Å². The van der Waals surface area contributed by atoms with Crippen molar-refractivity contribution in [1.29, 1.82) is 0 Å². The number of rotatable bonds is 3. The van der Waals surface area contributed by atoms with Gasteiger partial charge in [0.15, 0.2) is 17.5 Å². The first-order chi connectivity index (χ1) is 10.7. The zero-order valence-corrected chi connectivity index (χ0v) is 16.0. The molecule has 0 aliphatic carbocycles. The first-order valence-corrected chi connectivity index (χ1v) is 8.04. The molecule has 0 bridgehead atoms. The number of anilines is 1. The number of ether oxygens (including phenoxy) is 2. The fraction of sp³-hybridized carbons (Fsp3) is 0.312. The lowest BCUT2D eigenvalue weighted by molar-refractivity contribution is 0.297. The zero-order chi connectivity index (χ0) is 15.4. The lowest BCUT2D eigenvalue weighted by Gasteiger charge is -2.10. The van der Waals surface area contributed by atoms with E-state index >= 15 is 0 Å². The van der Waals surface area contributed by atoms with Gasteiger partial charge in [-0.25, -0.2) is 4.99 Å². The van der Waals surface area contributed by atoms with Crippen molar-refractivity contribution in [2.24, 2.45) is 10.7 Å². The fourth-order valence-corrected chi connectivity index (χ4v) is 2.98. The number of guanidine groups is 1. The van der Waals surface area contributed by atoms with Crippen LogP contribution in [0.2, 0.25) is 0 Å². The van der Waals surface area contributed by atoms with Gasteiger partial charge < -0.3 is 20.5 Å². The van der Waals surface area contributed by atoms with Crippen molar-refractivity contribution >= 4 is 47.0 Å². The molecule has 0 radical (unpaired) electrons. The molecule has 2 heterocycles. The number of thiophene rings is 1. The third kappa shape index (κ3) is 5.00. The van der Waals surface area contributed by atoms with Crippen molar-refractivity contribution in [1.82, 2.24) is 0 Å². The van der Waals surface area contributed by atoms with Gasteiger partial charge in [-0.05, 0) is 31.2 Å². The first kappa shape index (κ1) is 17.9. The number of fused-ring (bicyclic) bond motifs is 1. The van der Waals surface area contributed by atoms with E-state index in [1.807, 2.05) is 18.2 Å². The van der Waals surface area contributed by atoms with E-state index in [1.165, 1.54) is 9.75 Å². The predicted octanol–water partition coefficient (Wildman–Crippen LogP) is 3.76. The van der Waals surface area contributed by atoms with Gasteiger partial charge in [-0.1, -0.05) is 0 Å². The summed E-state index contributed by atoms with van der Waals surface area (Å²) in [6.07, 6.45) is 0.890. The minimum atomic E-state index is 0. The highest BCUT2D eigenvalue weighted by atomic mass is 127. The van der Waals surface area contributed by atoms with E-state index in [0.717, 1.165) is 23.6 Å². The predicted molar refractivity (Wildman–Crippen MR) is 105 cm³/mol. The van der Waals surface area contributed by atoms with Crippen LogP contribution in [0.1, 0.15) is 16.2 Å². The van der Waals surface area contributed by atoms with Crippen LogP contribution in [-0.4, -0.2) is 19.2 Å². The van der Waals surface area contributed by atoms with Crippen molar-refractivity contribution in [3.8, 4) is 11.5 Å². The Hall–Kier alpha value is -1.48. The molecule has 3 N–H and O–H groups in total. The summed E-state index contributed by atoms with van der Waals surface area (Å²) in [6, 6.07) is 9.84. The molecule has 0 atom stereocenters. The Kier molecular flexibility index (Phi) is 6.52. The van der Waals surface area contributed by atoms with Crippen LogP contribution < -0.4 is 20.5 Å². The van der Waals surface area contributed by atoms with E-state index in [1.54, 1.807) is 11.3 Å². The monoisotopic (exact) mass is 445 g/mol. The van der Waals surface area contributed by atoms with Crippen LogP contribution in [0.4, 0.5) is 5.69 Å². The molecule has 1 aromatic heterocycles. The van der Waals surface area contributed by atoms with Crippen LogP contribution in [0.25, 0.3) is 0 Å². The normalized spacial score (nSPS) is 13.9. The highest BCUT2D eigenvalue weighted by Gasteiger charge is 2.10. The summed E-state index contributed by atoms with van der Waals surface area (Å²) in [5.41, 5.74) is 6.78. The first-order valence-electron chi connectivity index (χ1n) is 7.22. The summed E-state index contributed by atoms with van der Waals surface area (Å²) >= 11 is 1.73. The molecule has 1 aliphatic rings. The molecule has 23 heavy (non-hydrogen) atoms. The number of nitrogens with zero attached hydrogens (tertiary/aromatic N) is 1. The molecule has 1 aliphatic heterocycles. The topological polar surface area (TPSA) is 68.9 Å². The summed E-state index contributed by atoms with van der Waals surface area (Å²) < 4.78 is 11.3. The molecule has 0 saturated heterocycles. The highest BCUT2D eigenvalue weighted by Crippen LogP contribution is 2.32. The van der Waals surface area contributed by atoms with Gasteiger partial charge in [0, 0.05) is 27.9 Å². The zero-order valence-electron chi connectivity index (χ0n) is 12.9. The number of aliphatic imine (C=N–C) groups is 1. The van der Waals surface area contributed by atoms with E-state index in [2.05, 4.69) is 29.4 Å². The summed E-state index contributed by atoms with van der Waals surface area (Å²) in [5.74, 6) is 1.90. The van der Waals surface area contributed by atoms with Gasteiger partial charge in [0.05, 0.1) is 19.8 Å². The Morgan fingerprint density at radius 2 is 2.00 bits per heavy atom. The molecule has 0 fully saturated rings. The fourth-order valence-electron chi connectivity index (χ4n) is 2.16. The second-order valence-electron chi connectivity index (χ2n) is 5.05. The number of aryl methyl sites for hydroxylation is 1. The van der Waals surface area contributed by atoms with Gasteiger partial charge in [-0.2, -0.15) is 0 Å². The second kappa shape index (κ2) is 8.39. The quantitative estimate of drug-likeness (QED) is 0.429. The molecule has 5 nitrogen and oxygen atoms in total. The average Bonchev–Trinajstić information content (AvgIpc) is 2.78. The van der Waals surface area contributed by atoms with E-state index in [9.17, 15) is 0 Å². The summed E-state index contributed by atoms with van der Waals surface area (Å²) in [7, 11) is 0. The number of hydrogen-bond donors (Lipinski definition) is 2. The highest BCUT2D eigenvalue weighted by molar-refractivity contribution is 14.0. The van der Waals surface area contributed by atoms with Crippen molar-refractivity contribution in [3.63, 3.8) is 0 Å². The van der Waals surface area contributed by atoms with Gasteiger partial charge in [-0.3, -0.25) is 0 Å². The molecule has 7 heteroatoms. The van der Waals surface area contributed by atoms with Crippen LogP contribution in [0.3, 0.4) is 0 Å². The summed E-state index contributed by atoms with van der Waals surface area (Å²) in [6.45, 7) is 4.01. The van der Waals surface area contributed by atoms with Gasteiger partial charge in [0.25, 0.3) is 0 Å². The summed E-state index contributed by atoms with van der Waals surface area (Å²) in [4.78, 5) is 6.83. The van der Waals surface area contributed by atoms with Crippen molar-refractivity contribution < 1.29 is 9.47 Å². The van der Waals surface area contributed by atoms with Crippen molar-refractivity contribution in [2.75, 3.05) is 18.5 Å². The van der Waals surface area contributed by atoms with Crippen LogP contribution >= 0.6 is 35.3 Å². The SMILES string of the molecule is Cc1ccc(CN=C(N)Nc2ccc3c(c2)OCCCO3)s1.I. The van der Waals surface area contributed by atoms with E-state index in [-0.39, 0.29) is 24.0 Å². The number of hydrogen-bond acceptors (Lipinski definition) is 4. The Labute approximate surface area is 156 Å². The molecule has 0 saturated carbocycles.